The molecule has 0 aliphatic carbocycles. The molecule has 0 atom stereocenters. The summed E-state index contributed by atoms with van der Waals surface area (Å²) in [5.41, 5.74) is 5.26. The van der Waals surface area contributed by atoms with Crippen molar-refractivity contribution in [2.75, 3.05) is 20.6 Å². The first kappa shape index (κ1) is 13.1. The highest BCUT2D eigenvalue weighted by Gasteiger charge is 2.07. The summed E-state index contributed by atoms with van der Waals surface area (Å²) in [6, 6.07) is 3.91. The lowest BCUT2D eigenvalue weighted by Gasteiger charge is -2.20. The van der Waals surface area contributed by atoms with E-state index in [1.165, 1.54) is 0 Å². The zero-order valence-electron chi connectivity index (χ0n) is 10.4. The minimum absolute atomic E-state index is 0.119. The van der Waals surface area contributed by atoms with Crippen molar-refractivity contribution in [2.45, 2.75) is 13.3 Å². The lowest BCUT2D eigenvalue weighted by molar-refractivity contribution is 0.434. The molecule has 6 heteroatoms. The molecule has 17 heavy (non-hydrogen) atoms. The van der Waals surface area contributed by atoms with Gasteiger partial charge in [-0.2, -0.15) is 0 Å². The summed E-state index contributed by atoms with van der Waals surface area (Å²) in [4.78, 5) is 5.91. The Hall–Kier alpha value is -1.98. The van der Waals surface area contributed by atoms with Gasteiger partial charge >= 0.3 is 0 Å². The van der Waals surface area contributed by atoms with E-state index in [0.717, 1.165) is 24.5 Å². The maximum Gasteiger partial charge on any atom is 0.200 e. The average molecular weight is 237 g/mol. The van der Waals surface area contributed by atoms with Gasteiger partial charge in [0, 0.05) is 27.1 Å². The molecule has 0 fully saturated rings. The van der Waals surface area contributed by atoms with Gasteiger partial charge in [-0.25, -0.2) is 0 Å². The number of nitrogens with two attached hydrogens (primary N) is 1. The summed E-state index contributed by atoms with van der Waals surface area (Å²) >= 11 is 0. The van der Waals surface area contributed by atoms with E-state index in [-0.39, 0.29) is 5.96 Å². The molecule has 0 unspecified atom stereocenters. The number of nitrogens with one attached hydrogen (secondary N) is 2. The van der Waals surface area contributed by atoms with Crippen LogP contribution in [0.25, 0.3) is 0 Å². The van der Waals surface area contributed by atoms with Gasteiger partial charge in [-0.05, 0) is 19.1 Å². The van der Waals surface area contributed by atoms with E-state index >= 15 is 0 Å². The number of hydrogen-bond acceptors (Lipinski definition) is 3. The monoisotopic (exact) mass is 237 g/mol. The van der Waals surface area contributed by atoms with Crippen molar-refractivity contribution in [3.05, 3.63) is 23.7 Å². The summed E-state index contributed by atoms with van der Waals surface area (Å²) in [5, 5.41) is 9.84. The quantitative estimate of drug-likeness (QED) is 0.528. The first-order chi connectivity index (χ1) is 8.02. The second-order valence-electron chi connectivity index (χ2n) is 3.77. The number of aliphatic imine (C=N–C) groups is 1. The van der Waals surface area contributed by atoms with Gasteiger partial charge in [0.25, 0.3) is 0 Å². The Morgan fingerprint density at radius 3 is 2.76 bits per heavy atom. The van der Waals surface area contributed by atoms with Crippen LogP contribution in [0.2, 0.25) is 0 Å². The van der Waals surface area contributed by atoms with Gasteiger partial charge in [0.15, 0.2) is 11.9 Å². The van der Waals surface area contributed by atoms with Crippen molar-refractivity contribution in [3.63, 3.8) is 0 Å². The molecule has 0 spiro atoms. The van der Waals surface area contributed by atoms with Crippen LogP contribution in [0, 0.1) is 12.3 Å². The largest absolute Gasteiger partial charge is 0.466 e. The lowest BCUT2D eigenvalue weighted by atomic mass is 10.3. The molecule has 1 aromatic rings. The Kier molecular flexibility index (Phi) is 4.56. The number of likely N-dealkylation sites (N-methyl/N-ethyl adjacent to an activating group) is 1. The molecular weight excluding hydrogens is 218 g/mol. The standard InChI is InChI=1S/C11H19N5O/c1-8-4-5-9(17-8)6-7-16(3)11(14-2)15-10(12)13/h4-5H,6-7H2,1-3H3,(H4,12,13,14,15). The van der Waals surface area contributed by atoms with Crippen molar-refractivity contribution >= 4 is 11.9 Å². The van der Waals surface area contributed by atoms with Crippen molar-refractivity contribution in [1.82, 2.24) is 10.2 Å². The molecule has 0 aromatic carbocycles. The van der Waals surface area contributed by atoms with Gasteiger partial charge in [-0.15, -0.1) is 0 Å². The van der Waals surface area contributed by atoms with Gasteiger partial charge < -0.3 is 15.1 Å². The molecule has 6 nitrogen and oxygen atoms in total. The Morgan fingerprint density at radius 2 is 2.29 bits per heavy atom. The van der Waals surface area contributed by atoms with E-state index in [1.54, 1.807) is 7.05 Å². The third kappa shape index (κ3) is 4.18. The summed E-state index contributed by atoms with van der Waals surface area (Å²) < 4.78 is 5.47. The van der Waals surface area contributed by atoms with Crippen LogP contribution in [0.1, 0.15) is 11.5 Å². The van der Waals surface area contributed by atoms with Crippen LogP contribution in [-0.4, -0.2) is 37.5 Å². The molecule has 94 valence electrons. The van der Waals surface area contributed by atoms with E-state index in [4.69, 9.17) is 15.6 Å². The Morgan fingerprint density at radius 1 is 1.59 bits per heavy atom. The Balaban J connectivity index is 2.48. The number of aryl methyl sites for hydroxylation is 1. The maximum atomic E-state index is 7.16. The molecule has 0 bridgehead atoms. The zero-order chi connectivity index (χ0) is 12.8. The molecule has 0 amide bonds. The van der Waals surface area contributed by atoms with Crippen LogP contribution in [0.15, 0.2) is 21.5 Å². The van der Waals surface area contributed by atoms with Gasteiger partial charge in [-0.1, -0.05) is 0 Å². The summed E-state index contributed by atoms with van der Waals surface area (Å²) in [6.45, 7) is 2.66. The normalized spacial score (nSPS) is 11.4. The van der Waals surface area contributed by atoms with Crippen molar-refractivity contribution in [2.24, 2.45) is 10.7 Å². The topological polar surface area (TPSA) is 90.6 Å². The number of rotatable bonds is 3. The molecule has 1 rings (SSSR count). The van der Waals surface area contributed by atoms with Crippen molar-refractivity contribution < 1.29 is 4.42 Å². The third-order valence-electron chi connectivity index (χ3n) is 2.31. The fourth-order valence-electron chi connectivity index (χ4n) is 1.45. The molecule has 1 heterocycles. The minimum atomic E-state index is -0.119. The van der Waals surface area contributed by atoms with Crippen LogP contribution in [0.5, 0.6) is 0 Å². The number of nitrogens with zero attached hydrogens (tertiary/aromatic N) is 2. The molecule has 1 aromatic heterocycles. The smallest absolute Gasteiger partial charge is 0.200 e. The minimum Gasteiger partial charge on any atom is -0.466 e. The van der Waals surface area contributed by atoms with E-state index in [2.05, 4.69) is 10.3 Å². The summed E-state index contributed by atoms with van der Waals surface area (Å²) in [5.74, 6) is 2.30. The van der Waals surface area contributed by atoms with Crippen LogP contribution in [0.4, 0.5) is 0 Å². The van der Waals surface area contributed by atoms with Crippen molar-refractivity contribution in [1.29, 1.82) is 5.41 Å². The molecule has 0 aliphatic heterocycles. The predicted octanol–water partition coefficient (Wildman–Crippen LogP) is 0.531. The van der Waals surface area contributed by atoms with Crippen LogP contribution < -0.4 is 11.1 Å². The second kappa shape index (κ2) is 5.93. The SMILES string of the molecule is C/N=C(\NC(=N)N)N(C)CCc1ccc(C)o1. The number of guanidine groups is 2. The average Bonchev–Trinajstić information content (AvgIpc) is 2.68. The molecule has 0 aliphatic rings. The van der Waals surface area contributed by atoms with Crippen LogP contribution in [-0.2, 0) is 6.42 Å². The third-order valence-corrected chi connectivity index (χ3v) is 2.31. The highest BCUT2D eigenvalue weighted by molar-refractivity contribution is 5.96. The first-order valence-electron chi connectivity index (χ1n) is 5.37. The van der Waals surface area contributed by atoms with E-state index in [1.807, 2.05) is 31.0 Å². The van der Waals surface area contributed by atoms with E-state index < -0.39 is 0 Å². The number of hydrogen-bond donors (Lipinski definition) is 3. The summed E-state index contributed by atoms with van der Waals surface area (Å²) in [7, 11) is 3.53. The van der Waals surface area contributed by atoms with Crippen LogP contribution >= 0.6 is 0 Å². The molecule has 0 saturated carbocycles. The van der Waals surface area contributed by atoms with E-state index in [0.29, 0.717) is 5.96 Å². The highest BCUT2D eigenvalue weighted by atomic mass is 16.3. The number of furan rings is 1. The van der Waals surface area contributed by atoms with Gasteiger partial charge in [-0.3, -0.25) is 15.7 Å². The first-order valence-corrected chi connectivity index (χ1v) is 5.37. The predicted molar refractivity (Wildman–Crippen MR) is 68.2 cm³/mol. The maximum absolute atomic E-state index is 7.16. The molecular formula is C11H19N5O. The van der Waals surface area contributed by atoms with E-state index in [9.17, 15) is 0 Å². The van der Waals surface area contributed by atoms with Gasteiger partial charge in [0.05, 0.1) is 0 Å². The summed E-state index contributed by atoms with van der Waals surface area (Å²) in [6.07, 6.45) is 0.781. The fraction of sp³-hybridized carbons (Fsp3) is 0.455. The van der Waals surface area contributed by atoms with Gasteiger partial charge in [0.1, 0.15) is 11.5 Å². The fourth-order valence-corrected chi connectivity index (χ4v) is 1.45. The molecule has 4 N–H and O–H groups in total. The molecule has 0 radical (unpaired) electrons. The molecule has 0 saturated heterocycles. The Labute approximate surface area is 101 Å². The Bertz CT molecular complexity index is 410. The van der Waals surface area contributed by atoms with Crippen LogP contribution in [0.3, 0.4) is 0 Å². The lowest BCUT2D eigenvalue weighted by Crippen LogP contribution is -2.45. The second-order valence-corrected chi connectivity index (χ2v) is 3.77. The van der Waals surface area contributed by atoms with Crippen molar-refractivity contribution in [3.8, 4) is 0 Å². The zero-order valence-corrected chi connectivity index (χ0v) is 10.4. The van der Waals surface area contributed by atoms with Gasteiger partial charge in [0.2, 0.25) is 0 Å². The highest BCUT2D eigenvalue weighted by Crippen LogP contribution is 2.07.